The molecule has 0 radical (unpaired) electrons. The number of nitrogens with one attached hydrogen (secondary N) is 2. The van der Waals surface area contributed by atoms with Crippen molar-refractivity contribution in [2.45, 2.75) is 25.8 Å². The van der Waals surface area contributed by atoms with Gasteiger partial charge in [0.1, 0.15) is 0 Å². The normalized spacial score (nSPS) is 13.8. The molecule has 0 fully saturated rings. The van der Waals surface area contributed by atoms with Crippen LogP contribution in [0.4, 0.5) is 14.9 Å². The molecule has 0 heterocycles. The molecule has 1 aromatic carbocycles. The number of anilines is 1. The highest BCUT2D eigenvalue weighted by Crippen LogP contribution is 2.22. The largest absolute Gasteiger partial charge is 0.394 e. The van der Waals surface area contributed by atoms with E-state index in [0.717, 1.165) is 0 Å². The van der Waals surface area contributed by atoms with Crippen LogP contribution in [0.2, 0.25) is 5.02 Å². The topological polar surface area (TPSA) is 61.4 Å². The number of aliphatic hydroxyl groups excluding tert-OH is 1. The van der Waals surface area contributed by atoms with Gasteiger partial charge in [0.05, 0.1) is 22.9 Å². The van der Waals surface area contributed by atoms with Gasteiger partial charge in [-0.1, -0.05) is 24.6 Å². The quantitative estimate of drug-likeness (QED) is 0.791. The van der Waals surface area contributed by atoms with E-state index in [-0.39, 0.29) is 17.3 Å². The molecule has 1 rings (SSSR count). The first-order valence-electron chi connectivity index (χ1n) is 5.56. The predicted octanol–water partition coefficient (Wildman–Crippen LogP) is 2.76. The summed E-state index contributed by atoms with van der Waals surface area (Å²) in [5, 5.41) is 14.0. The molecule has 100 valence electrons. The van der Waals surface area contributed by atoms with Crippen LogP contribution in [0.5, 0.6) is 0 Å². The van der Waals surface area contributed by atoms with Crippen molar-refractivity contribution in [2.24, 2.45) is 0 Å². The molecule has 3 N–H and O–H groups in total. The van der Waals surface area contributed by atoms with Crippen molar-refractivity contribution in [1.82, 2.24) is 5.32 Å². The summed E-state index contributed by atoms with van der Waals surface area (Å²) in [4.78, 5) is 11.7. The van der Waals surface area contributed by atoms with E-state index >= 15 is 0 Å². The minimum Gasteiger partial charge on any atom is -0.394 e. The van der Waals surface area contributed by atoms with Gasteiger partial charge in [-0.05, 0) is 25.5 Å². The molecule has 2 amide bonds. The summed E-state index contributed by atoms with van der Waals surface area (Å²) in [6, 6.07) is 3.74. The molecule has 0 spiro atoms. The van der Waals surface area contributed by atoms with Crippen molar-refractivity contribution in [2.75, 3.05) is 11.9 Å². The summed E-state index contributed by atoms with van der Waals surface area (Å²) < 4.78 is 13.5. The van der Waals surface area contributed by atoms with Crippen molar-refractivity contribution in [1.29, 1.82) is 0 Å². The van der Waals surface area contributed by atoms with Crippen molar-refractivity contribution >= 4 is 23.3 Å². The first-order valence-corrected chi connectivity index (χ1v) is 5.93. The Labute approximate surface area is 110 Å². The van der Waals surface area contributed by atoms with Crippen LogP contribution < -0.4 is 10.6 Å². The summed E-state index contributed by atoms with van der Waals surface area (Å²) in [7, 11) is 0. The number of hydrogen-bond donors (Lipinski definition) is 3. The van der Waals surface area contributed by atoms with E-state index < -0.39 is 17.4 Å². The SMILES string of the molecule is CCC(C)(CO)NC(=O)Nc1cccc(Cl)c1F. The second-order valence-electron chi connectivity index (χ2n) is 4.25. The Balaban J connectivity index is 2.74. The van der Waals surface area contributed by atoms with Gasteiger partial charge in [0.15, 0.2) is 5.82 Å². The molecule has 0 aliphatic heterocycles. The van der Waals surface area contributed by atoms with Crippen molar-refractivity contribution in [3.8, 4) is 0 Å². The van der Waals surface area contributed by atoms with Gasteiger partial charge >= 0.3 is 6.03 Å². The Morgan fingerprint density at radius 1 is 1.56 bits per heavy atom. The molecule has 6 heteroatoms. The van der Waals surface area contributed by atoms with E-state index in [4.69, 9.17) is 16.7 Å². The molecule has 0 saturated carbocycles. The zero-order valence-corrected chi connectivity index (χ0v) is 11.0. The molecule has 18 heavy (non-hydrogen) atoms. The zero-order valence-electron chi connectivity index (χ0n) is 10.3. The number of carbonyl (C=O) groups is 1. The third kappa shape index (κ3) is 3.58. The first-order chi connectivity index (χ1) is 8.41. The molecule has 4 nitrogen and oxygen atoms in total. The number of benzene rings is 1. The third-order valence-corrected chi connectivity index (χ3v) is 3.04. The predicted molar refractivity (Wildman–Crippen MR) is 69.3 cm³/mol. The van der Waals surface area contributed by atoms with Crippen molar-refractivity contribution in [3.63, 3.8) is 0 Å². The van der Waals surface area contributed by atoms with Crippen molar-refractivity contribution < 1.29 is 14.3 Å². The fourth-order valence-corrected chi connectivity index (χ4v) is 1.44. The monoisotopic (exact) mass is 274 g/mol. The van der Waals surface area contributed by atoms with E-state index in [0.29, 0.717) is 6.42 Å². The van der Waals surface area contributed by atoms with Crippen LogP contribution in [0.15, 0.2) is 18.2 Å². The fourth-order valence-electron chi connectivity index (χ4n) is 1.27. The Bertz CT molecular complexity index is 436. The number of carbonyl (C=O) groups excluding carboxylic acids is 1. The summed E-state index contributed by atoms with van der Waals surface area (Å²) >= 11 is 5.60. The molecule has 0 aliphatic rings. The zero-order chi connectivity index (χ0) is 13.8. The van der Waals surface area contributed by atoms with Gasteiger partial charge in [0.25, 0.3) is 0 Å². The minimum absolute atomic E-state index is 0.00334. The Morgan fingerprint density at radius 3 is 2.78 bits per heavy atom. The summed E-state index contributed by atoms with van der Waals surface area (Å²) in [6.45, 7) is 3.33. The van der Waals surface area contributed by atoms with Gasteiger partial charge in [0.2, 0.25) is 0 Å². The van der Waals surface area contributed by atoms with Gasteiger partial charge in [-0.2, -0.15) is 0 Å². The minimum atomic E-state index is -0.737. The molecular weight excluding hydrogens is 259 g/mol. The smallest absolute Gasteiger partial charge is 0.319 e. The summed E-state index contributed by atoms with van der Waals surface area (Å²) in [6.07, 6.45) is 0.551. The molecule has 1 atom stereocenters. The molecule has 0 bridgehead atoms. The molecule has 1 aromatic rings. The Morgan fingerprint density at radius 2 is 2.22 bits per heavy atom. The average Bonchev–Trinajstić information content (AvgIpc) is 2.34. The lowest BCUT2D eigenvalue weighted by molar-refractivity contribution is 0.172. The number of hydrogen-bond acceptors (Lipinski definition) is 2. The second kappa shape index (κ2) is 6.02. The number of rotatable bonds is 4. The lowest BCUT2D eigenvalue weighted by atomic mass is 10.0. The van der Waals surface area contributed by atoms with Crippen LogP contribution in [-0.2, 0) is 0 Å². The number of amides is 2. The lowest BCUT2D eigenvalue weighted by Crippen LogP contribution is -2.50. The van der Waals surface area contributed by atoms with Gasteiger partial charge in [-0.3, -0.25) is 0 Å². The van der Waals surface area contributed by atoms with Gasteiger partial charge in [-0.25, -0.2) is 9.18 Å². The molecule has 0 saturated heterocycles. The summed E-state index contributed by atoms with van der Waals surface area (Å²) in [5.41, 5.74) is -0.740. The average molecular weight is 275 g/mol. The number of aliphatic hydroxyl groups is 1. The standard InChI is InChI=1S/C12H16ClFN2O2/c1-3-12(2,7-17)16-11(18)15-9-6-4-5-8(13)10(9)14/h4-6,17H,3,7H2,1-2H3,(H2,15,16,18). The van der Waals surface area contributed by atoms with Gasteiger partial charge in [0, 0.05) is 0 Å². The second-order valence-corrected chi connectivity index (χ2v) is 4.66. The van der Waals surface area contributed by atoms with Crippen LogP contribution >= 0.6 is 11.6 Å². The number of halogens is 2. The first kappa shape index (κ1) is 14.7. The number of urea groups is 1. The maximum Gasteiger partial charge on any atom is 0.319 e. The summed E-state index contributed by atoms with van der Waals surface area (Å²) in [5.74, 6) is -0.684. The highest BCUT2D eigenvalue weighted by atomic mass is 35.5. The molecular formula is C12H16ClFN2O2. The lowest BCUT2D eigenvalue weighted by Gasteiger charge is -2.27. The Hall–Kier alpha value is -1.33. The van der Waals surface area contributed by atoms with Crippen LogP contribution in [0, 0.1) is 5.82 Å². The molecule has 0 aliphatic carbocycles. The van der Waals surface area contributed by atoms with Gasteiger partial charge in [-0.15, -0.1) is 0 Å². The van der Waals surface area contributed by atoms with E-state index in [1.165, 1.54) is 18.2 Å². The van der Waals surface area contributed by atoms with E-state index in [1.807, 2.05) is 6.92 Å². The van der Waals surface area contributed by atoms with Gasteiger partial charge < -0.3 is 15.7 Å². The van der Waals surface area contributed by atoms with E-state index in [9.17, 15) is 9.18 Å². The Kier molecular flexibility index (Phi) is 4.93. The van der Waals surface area contributed by atoms with E-state index in [2.05, 4.69) is 10.6 Å². The van der Waals surface area contributed by atoms with Crippen LogP contribution in [0.3, 0.4) is 0 Å². The third-order valence-electron chi connectivity index (χ3n) is 2.74. The maximum absolute atomic E-state index is 13.5. The molecule has 1 unspecified atom stereocenters. The highest BCUT2D eigenvalue weighted by Gasteiger charge is 2.23. The van der Waals surface area contributed by atoms with Crippen LogP contribution in [0.25, 0.3) is 0 Å². The highest BCUT2D eigenvalue weighted by molar-refractivity contribution is 6.31. The maximum atomic E-state index is 13.5. The van der Waals surface area contributed by atoms with Crippen LogP contribution in [-0.4, -0.2) is 23.3 Å². The van der Waals surface area contributed by atoms with Crippen molar-refractivity contribution in [3.05, 3.63) is 29.0 Å². The molecule has 0 aromatic heterocycles. The van der Waals surface area contributed by atoms with E-state index in [1.54, 1.807) is 6.92 Å². The van der Waals surface area contributed by atoms with Crippen LogP contribution in [0.1, 0.15) is 20.3 Å². The fraction of sp³-hybridized carbons (Fsp3) is 0.417.